The highest BCUT2D eigenvalue weighted by Crippen LogP contribution is 2.31. The average Bonchev–Trinajstić information content (AvgIpc) is 3.29. The second kappa shape index (κ2) is 9.80. The summed E-state index contributed by atoms with van der Waals surface area (Å²) in [7, 11) is -3.73. The molecule has 0 radical (unpaired) electrons. The van der Waals surface area contributed by atoms with Gasteiger partial charge in [0, 0.05) is 24.3 Å². The number of nitrogens with zero attached hydrogens (tertiary/aromatic N) is 1. The zero-order chi connectivity index (χ0) is 22.4. The predicted molar refractivity (Wildman–Crippen MR) is 115 cm³/mol. The van der Waals surface area contributed by atoms with Gasteiger partial charge in [-0.25, -0.2) is 8.42 Å². The van der Waals surface area contributed by atoms with Crippen molar-refractivity contribution in [2.75, 3.05) is 31.6 Å². The smallest absolute Gasteiger partial charge is 0.262 e. The van der Waals surface area contributed by atoms with Gasteiger partial charge in [0.05, 0.1) is 6.61 Å². The van der Waals surface area contributed by atoms with E-state index >= 15 is 0 Å². The van der Waals surface area contributed by atoms with E-state index in [1.807, 2.05) is 0 Å². The standard InChI is InChI=1S/C21H25N3O6S/c1-2-29-18-10-7-16(13-19(18)31(27,28)24-11-3-4-12-24)23-20(25)14-30-17-8-5-15(6-9-17)21(22)26/h5-10,13H,2-4,11-12,14H2,1H3,(H2,22,26)(H,23,25). The number of ether oxygens (including phenoxy) is 2. The number of amides is 2. The number of carbonyl (C=O) groups excluding carboxylic acids is 2. The topological polar surface area (TPSA) is 128 Å². The molecular weight excluding hydrogens is 422 g/mol. The lowest BCUT2D eigenvalue weighted by Crippen LogP contribution is -2.28. The van der Waals surface area contributed by atoms with Crippen molar-refractivity contribution in [2.45, 2.75) is 24.7 Å². The molecule has 1 saturated heterocycles. The third-order valence-corrected chi connectivity index (χ3v) is 6.64. The first-order valence-electron chi connectivity index (χ1n) is 9.91. The van der Waals surface area contributed by atoms with E-state index in [1.54, 1.807) is 13.0 Å². The van der Waals surface area contributed by atoms with Crippen molar-refractivity contribution in [2.24, 2.45) is 5.73 Å². The van der Waals surface area contributed by atoms with Crippen molar-refractivity contribution in [3.05, 3.63) is 48.0 Å². The van der Waals surface area contributed by atoms with Gasteiger partial charge >= 0.3 is 0 Å². The largest absolute Gasteiger partial charge is 0.492 e. The van der Waals surface area contributed by atoms with E-state index in [1.165, 1.54) is 40.7 Å². The number of sulfonamides is 1. The van der Waals surface area contributed by atoms with Crippen LogP contribution >= 0.6 is 0 Å². The predicted octanol–water partition coefficient (Wildman–Crippen LogP) is 1.99. The van der Waals surface area contributed by atoms with Gasteiger partial charge in [-0.15, -0.1) is 0 Å². The SMILES string of the molecule is CCOc1ccc(NC(=O)COc2ccc(C(N)=O)cc2)cc1S(=O)(=O)N1CCCC1. The summed E-state index contributed by atoms with van der Waals surface area (Å²) in [5.74, 6) is -0.380. The van der Waals surface area contributed by atoms with Crippen molar-refractivity contribution in [1.29, 1.82) is 0 Å². The molecule has 1 heterocycles. The monoisotopic (exact) mass is 447 g/mol. The van der Waals surface area contributed by atoms with Crippen LogP contribution in [0.15, 0.2) is 47.4 Å². The van der Waals surface area contributed by atoms with Crippen LogP contribution in [-0.2, 0) is 14.8 Å². The number of hydrogen-bond donors (Lipinski definition) is 2. The van der Waals surface area contributed by atoms with Crippen molar-refractivity contribution in [1.82, 2.24) is 4.31 Å². The van der Waals surface area contributed by atoms with Crippen molar-refractivity contribution < 1.29 is 27.5 Å². The highest BCUT2D eigenvalue weighted by Gasteiger charge is 2.30. The van der Waals surface area contributed by atoms with Crippen LogP contribution in [0.5, 0.6) is 11.5 Å². The van der Waals surface area contributed by atoms with E-state index in [2.05, 4.69) is 5.32 Å². The Morgan fingerprint density at radius 2 is 1.74 bits per heavy atom. The molecule has 0 atom stereocenters. The molecule has 1 aliphatic rings. The molecule has 0 bridgehead atoms. The van der Waals surface area contributed by atoms with E-state index in [0.717, 1.165) is 12.8 Å². The van der Waals surface area contributed by atoms with Crippen LogP contribution < -0.4 is 20.5 Å². The van der Waals surface area contributed by atoms with Gasteiger partial charge in [-0.3, -0.25) is 9.59 Å². The van der Waals surface area contributed by atoms with Gasteiger partial charge in [-0.1, -0.05) is 0 Å². The van der Waals surface area contributed by atoms with Crippen LogP contribution in [0.1, 0.15) is 30.1 Å². The number of carbonyl (C=O) groups is 2. The van der Waals surface area contributed by atoms with Gasteiger partial charge < -0.3 is 20.5 Å². The Balaban J connectivity index is 1.70. The van der Waals surface area contributed by atoms with Crippen LogP contribution in [0.3, 0.4) is 0 Å². The first-order valence-corrected chi connectivity index (χ1v) is 11.3. The Kier molecular flexibility index (Phi) is 7.13. The maximum Gasteiger partial charge on any atom is 0.262 e. The van der Waals surface area contributed by atoms with E-state index in [0.29, 0.717) is 36.7 Å². The summed E-state index contributed by atoms with van der Waals surface area (Å²) >= 11 is 0. The lowest BCUT2D eigenvalue weighted by Gasteiger charge is -2.19. The normalized spacial score (nSPS) is 14.2. The van der Waals surface area contributed by atoms with Crippen LogP contribution in [-0.4, -0.2) is 50.8 Å². The number of hydrogen-bond acceptors (Lipinski definition) is 6. The summed E-state index contributed by atoms with van der Waals surface area (Å²) in [4.78, 5) is 23.4. The molecule has 9 nitrogen and oxygen atoms in total. The maximum absolute atomic E-state index is 13.0. The minimum Gasteiger partial charge on any atom is -0.492 e. The molecule has 0 aromatic heterocycles. The molecule has 2 aromatic rings. The van der Waals surface area contributed by atoms with E-state index < -0.39 is 21.8 Å². The van der Waals surface area contributed by atoms with Gasteiger partial charge in [-0.2, -0.15) is 4.31 Å². The Morgan fingerprint density at radius 1 is 1.06 bits per heavy atom. The highest BCUT2D eigenvalue weighted by molar-refractivity contribution is 7.89. The zero-order valence-corrected chi connectivity index (χ0v) is 18.0. The molecule has 31 heavy (non-hydrogen) atoms. The molecule has 166 valence electrons. The number of nitrogens with one attached hydrogen (secondary N) is 1. The third kappa shape index (κ3) is 5.53. The number of nitrogens with two attached hydrogens (primary N) is 1. The Morgan fingerprint density at radius 3 is 2.35 bits per heavy atom. The number of benzene rings is 2. The summed E-state index contributed by atoms with van der Waals surface area (Å²) in [6, 6.07) is 10.6. The van der Waals surface area contributed by atoms with Crippen LogP contribution in [0.4, 0.5) is 5.69 Å². The number of anilines is 1. The second-order valence-corrected chi connectivity index (χ2v) is 8.84. The quantitative estimate of drug-likeness (QED) is 0.605. The average molecular weight is 448 g/mol. The molecule has 0 unspecified atom stereocenters. The molecule has 3 N–H and O–H groups in total. The maximum atomic E-state index is 13.0. The van der Waals surface area contributed by atoms with Gasteiger partial charge in [-0.05, 0) is 62.2 Å². The fourth-order valence-electron chi connectivity index (χ4n) is 3.19. The van der Waals surface area contributed by atoms with Crippen molar-refractivity contribution in [3.8, 4) is 11.5 Å². The molecule has 2 aromatic carbocycles. The minimum atomic E-state index is -3.73. The lowest BCUT2D eigenvalue weighted by atomic mass is 10.2. The highest BCUT2D eigenvalue weighted by atomic mass is 32.2. The Labute approximate surface area is 181 Å². The van der Waals surface area contributed by atoms with E-state index in [4.69, 9.17) is 15.2 Å². The fourth-order valence-corrected chi connectivity index (χ4v) is 4.87. The van der Waals surface area contributed by atoms with Gasteiger partial charge in [0.15, 0.2) is 6.61 Å². The van der Waals surface area contributed by atoms with Crippen molar-refractivity contribution in [3.63, 3.8) is 0 Å². The molecule has 3 rings (SSSR count). The molecule has 2 amide bonds. The molecule has 1 aliphatic heterocycles. The molecule has 10 heteroatoms. The number of primary amides is 1. The first kappa shape index (κ1) is 22.6. The minimum absolute atomic E-state index is 0.0250. The van der Waals surface area contributed by atoms with Gasteiger partial charge in [0.25, 0.3) is 5.91 Å². The molecular formula is C21H25N3O6S. The molecule has 0 aliphatic carbocycles. The first-order chi connectivity index (χ1) is 14.8. The number of rotatable bonds is 9. The summed E-state index contributed by atoms with van der Waals surface area (Å²) < 4.78 is 38.4. The van der Waals surface area contributed by atoms with Crippen LogP contribution in [0, 0.1) is 0 Å². The Hall–Kier alpha value is -3.11. The van der Waals surface area contributed by atoms with Gasteiger partial charge in [0.2, 0.25) is 15.9 Å². The second-order valence-electron chi connectivity index (χ2n) is 6.93. The summed E-state index contributed by atoms with van der Waals surface area (Å²) in [5, 5.41) is 2.64. The summed E-state index contributed by atoms with van der Waals surface area (Å²) in [5.41, 5.74) is 5.84. The fraction of sp³-hybridized carbons (Fsp3) is 0.333. The van der Waals surface area contributed by atoms with E-state index in [9.17, 15) is 18.0 Å². The van der Waals surface area contributed by atoms with Crippen LogP contribution in [0.2, 0.25) is 0 Å². The van der Waals surface area contributed by atoms with E-state index in [-0.39, 0.29) is 17.3 Å². The van der Waals surface area contributed by atoms with Crippen molar-refractivity contribution >= 4 is 27.5 Å². The summed E-state index contributed by atoms with van der Waals surface area (Å²) in [6.07, 6.45) is 1.63. The van der Waals surface area contributed by atoms with Gasteiger partial charge in [0.1, 0.15) is 16.4 Å². The van der Waals surface area contributed by atoms with Crippen LogP contribution in [0.25, 0.3) is 0 Å². The molecule has 1 fully saturated rings. The third-order valence-electron chi connectivity index (χ3n) is 4.72. The Bertz CT molecular complexity index is 1050. The summed E-state index contributed by atoms with van der Waals surface area (Å²) in [6.45, 7) is 2.73. The zero-order valence-electron chi connectivity index (χ0n) is 17.2. The molecule has 0 spiro atoms. The molecule has 0 saturated carbocycles. The lowest BCUT2D eigenvalue weighted by molar-refractivity contribution is -0.118.